The fourth-order valence-electron chi connectivity index (χ4n) is 2.99. The van der Waals surface area contributed by atoms with Crippen molar-refractivity contribution in [3.63, 3.8) is 0 Å². The van der Waals surface area contributed by atoms with Gasteiger partial charge in [0.05, 0.1) is 0 Å². The summed E-state index contributed by atoms with van der Waals surface area (Å²) in [5.74, 6) is 0.791. The van der Waals surface area contributed by atoms with Crippen LogP contribution in [-0.2, 0) is 11.2 Å². The Morgan fingerprint density at radius 3 is 2.74 bits per heavy atom. The first-order chi connectivity index (χ1) is 9.10. The molecule has 0 radical (unpaired) electrons. The van der Waals surface area contributed by atoms with Gasteiger partial charge in [0, 0.05) is 16.8 Å². The van der Waals surface area contributed by atoms with Crippen LogP contribution in [-0.4, -0.2) is 12.5 Å². The zero-order chi connectivity index (χ0) is 13.7. The zero-order valence-electron chi connectivity index (χ0n) is 12.1. The summed E-state index contributed by atoms with van der Waals surface area (Å²) < 4.78 is 0. The summed E-state index contributed by atoms with van der Waals surface area (Å²) in [4.78, 5) is 13.7. The van der Waals surface area contributed by atoms with Crippen LogP contribution in [0.15, 0.2) is 17.5 Å². The van der Waals surface area contributed by atoms with Crippen LogP contribution in [0.1, 0.15) is 50.8 Å². The third-order valence-electron chi connectivity index (χ3n) is 4.45. The van der Waals surface area contributed by atoms with Gasteiger partial charge in [-0.3, -0.25) is 4.79 Å². The lowest BCUT2D eigenvalue weighted by atomic mass is 9.70. The average molecular weight is 279 g/mol. The van der Waals surface area contributed by atoms with Gasteiger partial charge in [-0.05, 0) is 36.6 Å². The monoisotopic (exact) mass is 279 g/mol. The minimum Gasteiger partial charge on any atom is -0.355 e. The minimum absolute atomic E-state index is 0.212. The molecule has 3 heteroatoms. The van der Waals surface area contributed by atoms with Crippen molar-refractivity contribution in [2.75, 3.05) is 6.54 Å². The molecule has 1 saturated carbocycles. The predicted molar refractivity (Wildman–Crippen MR) is 81.4 cm³/mol. The van der Waals surface area contributed by atoms with E-state index < -0.39 is 0 Å². The van der Waals surface area contributed by atoms with E-state index in [1.165, 1.54) is 37.0 Å². The number of carbonyl (C=O) groups is 1. The minimum atomic E-state index is -0.212. The highest BCUT2D eigenvalue weighted by molar-refractivity contribution is 7.09. The largest absolute Gasteiger partial charge is 0.355 e. The molecule has 1 N–H and O–H groups in total. The van der Waals surface area contributed by atoms with Gasteiger partial charge in [-0.1, -0.05) is 39.2 Å². The molecule has 0 bridgehead atoms. The number of hydrogen-bond acceptors (Lipinski definition) is 2. The Morgan fingerprint density at radius 1 is 1.37 bits per heavy atom. The van der Waals surface area contributed by atoms with E-state index in [2.05, 4.69) is 36.7 Å². The van der Waals surface area contributed by atoms with E-state index in [4.69, 9.17) is 0 Å². The van der Waals surface area contributed by atoms with E-state index in [0.29, 0.717) is 5.92 Å². The first-order valence-corrected chi connectivity index (χ1v) is 8.29. The molecule has 106 valence electrons. The van der Waals surface area contributed by atoms with Gasteiger partial charge in [0.2, 0.25) is 5.91 Å². The number of nitrogens with one attached hydrogen (secondary N) is 1. The van der Waals surface area contributed by atoms with E-state index in [9.17, 15) is 4.79 Å². The average Bonchev–Trinajstić information content (AvgIpc) is 2.93. The Kier molecular flexibility index (Phi) is 5.03. The Hall–Kier alpha value is -0.830. The van der Waals surface area contributed by atoms with Gasteiger partial charge in [-0.25, -0.2) is 0 Å². The van der Waals surface area contributed by atoms with Gasteiger partial charge < -0.3 is 5.32 Å². The highest BCUT2D eigenvalue weighted by Crippen LogP contribution is 2.38. The Balaban J connectivity index is 1.80. The third kappa shape index (κ3) is 3.82. The van der Waals surface area contributed by atoms with Crippen LogP contribution >= 0.6 is 11.3 Å². The van der Waals surface area contributed by atoms with Crippen molar-refractivity contribution >= 4 is 17.2 Å². The quantitative estimate of drug-likeness (QED) is 0.867. The summed E-state index contributed by atoms with van der Waals surface area (Å²) in [7, 11) is 0. The second-order valence-corrected chi connectivity index (χ2v) is 7.17. The molecule has 2 rings (SSSR count). The summed E-state index contributed by atoms with van der Waals surface area (Å²) in [6.07, 6.45) is 7.29. The smallest absolute Gasteiger partial charge is 0.225 e. The summed E-state index contributed by atoms with van der Waals surface area (Å²) in [5.41, 5.74) is -0.212. The maximum Gasteiger partial charge on any atom is 0.225 e. The highest BCUT2D eigenvalue weighted by Gasteiger charge is 2.36. The molecular formula is C16H25NOS. The molecule has 1 aliphatic rings. The molecule has 1 aromatic rings. The molecule has 1 aromatic heterocycles. The Morgan fingerprint density at radius 2 is 2.11 bits per heavy atom. The number of carbonyl (C=O) groups excluding carboxylic acids is 1. The van der Waals surface area contributed by atoms with Crippen LogP contribution in [0.3, 0.4) is 0 Å². The van der Waals surface area contributed by atoms with Crippen LogP contribution in [0.5, 0.6) is 0 Å². The maximum atomic E-state index is 12.4. The van der Waals surface area contributed by atoms with Gasteiger partial charge in [-0.2, -0.15) is 0 Å². The molecule has 0 aromatic carbocycles. The van der Waals surface area contributed by atoms with Gasteiger partial charge in [0.1, 0.15) is 0 Å². The summed E-state index contributed by atoms with van der Waals surface area (Å²) in [6.45, 7) is 4.99. The summed E-state index contributed by atoms with van der Waals surface area (Å²) >= 11 is 1.76. The molecule has 19 heavy (non-hydrogen) atoms. The SMILES string of the molecule is CC(C)(C(=O)NCCc1cccs1)C1CCCCC1. The number of rotatable bonds is 5. The summed E-state index contributed by atoms with van der Waals surface area (Å²) in [5, 5.41) is 5.21. The second kappa shape index (κ2) is 6.56. The van der Waals surface area contributed by atoms with Crippen LogP contribution in [0.2, 0.25) is 0 Å². The fraction of sp³-hybridized carbons (Fsp3) is 0.688. The first-order valence-electron chi connectivity index (χ1n) is 7.41. The molecule has 2 nitrogen and oxygen atoms in total. The molecular weight excluding hydrogens is 254 g/mol. The third-order valence-corrected chi connectivity index (χ3v) is 5.38. The molecule has 0 aliphatic heterocycles. The molecule has 0 spiro atoms. The molecule has 1 fully saturated rings. The Labute approximate surface area is 120 Å². The predicted octanol–water partition coefficient (Wildman–Crippen LogP) is 4.01. The molecule has 0 saturated heterocycles. The summed E-state index contributed by atoms with van der Waals surface area (Å²) in [6, 6.07) is 4.19. The van der Waals surface area contributed by atoms with Crippen molar-refractivity contribution < 1.29 is 4.79 Å². The number of thiophene rings is 1. The molecule has 1 amide bonds. The van der Waals surface area contributed by atoms with Crippen molar-refractivity contribution in [3.05, 3.63) is 22.4 Å². The van der Waals surface area contributed by atoms with Crippen molar-refractivity contribution in [1.82, 2.24) is 5.32 Å². The van der Waals surface area contributed by atoms with Crippen molar-refractivity contribution in [2.45, 2.75) is 52.4 Å². The van der Waals surface area contributed by atoms with Crippen LogP contribution in [0.25, 0.3) is 0 Å². The topological polar surface area (TPSA) is 29.1 Å². The number of hydrogen-bond donors (Lipinski definition) is 1. The van der Waals surface area contributed by atoms with Crippen molar-refractivity contribution in [2.24, 2.45) is 11.3 Å². The highest BCUT2D eigenvalue weighted by atomic mass is 32.1. The number of amides is 1. The Bertz CT molecular complexity index is 391. The van der Waals surface area contributed by atoms with Crippen molar-refractivity contribution in [3.8, 4) is 0 Å². The van der Waals surface area contributed by atoms with E-state index in [1.54, 1.807) is 11.3 Å². The lowest BCUT2D eigenvalue weighted by Crippen LogP contribution is -2.43. The lowest BCUT2D eigenvalue weighted by Gasteiger charge is -2.35. The van der Waals surface area contributed by atoms with Gasteiger partial charge in [0.15, 0.2) is 0 Å². The van der Waals surface area contributed by atoms with E-state index >= 15 is 0 Å². The van der Waals surface area contributed by atoms with E-state index in [1.807, 2.05) is 0 Å². The fourth-order valence-corrected chi connectivity index (χ4v) is 3.70. The van der Waals surface area contributed by atoms with E-state index in [-0.39, 0.29) is 11.3 Å². The van der Waals surface area contributed by atoms with Crippen LogP contribution in [0, 0.1) is 11.3 Å². The molecule has 1 heterocycles. The second-order valence-electron chi connectivity index (χ2n) is 6.14. The van der Waals surface area contributed by atoms with Crippen LogP contribution < -0.4 is 5.32 Å². The molecule has 0 atom stereocenters. The van der Waals surface area contributed by atoms with Gasteiger partial charge in [0.25, 0.3) is 0 Å². The van der Waals surface area contributed by atoms with Gasteiger partial charge >= 0.3 is 0 Å². The van der Waals surface area contributed by atoms with E-state index in [0.717, 1.165) is 13.0 Å². The first kappa shape index (κ1) is 14.6. The normalized spacial score (nSPS) is 17.4. The molecule has 0 unspecified atom stereocenters. The standard InChI is InChI=1S/C16H25NOS/c1-16(2,13-7-4-3-5-8-13)15(18)17-11-10-14-9-6-12-19-14/h6,9,12-13H,3-5,7-8,10-11H2,1-2H3,(H,17,18). The van der Waals surface area contributed by atoms with Crippen LogP contribution in [0.4, 0.5) is 0 Å². The zero-order valence-corrected chi connectivity index (χ0v) is 12.9. The maximum absolute atomic E-state index is 12.4. The van der Waals surface area contributed by atoms with Crippen molar-refractivity contribution in [1.29, 1.82) is 0 Å². The molecule has 1 aliphatic carbocycles. The van der Waals surface area contributed by atoms with Gasteiger partial charge in [-0.15, -0.1) is 11.3 Å². The lowest BCUT2D eigenvalue weighted by molar-refractivity contribution is -0.132.